The van der Waals surface area contributed by atoms with Crippen molar-refractivity contribution in [2.24, 2.45) is 0 Å². The molecule has 0 atom stereocenters. The fourth-order valence-electron chi connectivity index (χ4n) is 1.95. The van der Waals surface area contributed by atoms with Crippen LogP contribution in [0, 0.1) is 0 Å². The predicted octanol–water partition coefficient (Wildman–Crippen LogP) is 2.59. The van der Waals surface area contributed by atoms with Gasteiger partial charge in [0.25, 0.3) is 0 Å². The van der Waals surface area contributed by atoms with Gasteiger partial charge in [0.1, 0.15) is 0 Å². The van der Waals surface area contributed by atoms with Crippen LogP contribution in [0.1, 0.15) is 12.0 Å². The maximum Gasteiger partial charge on any atom is 0.416 e. The first-order valence-corrected chi connectivity index (χ1v) is 6.45. The second kappa shape index (κ2) is 6.05. The van der Waals surface area contributed by atoms with Crippen molar-refractivity contribution in [3.63, 3.8) is 0 Å². The lowest BCUT2D eigenvalue weighted by Gasteiger charge is -2.11. The maximum absolute atomic E-state index is 12.7. The third-order valence-electron chi connectivity index (χ3n) is 3.08. The van der Waals surface area contributed by atoms with E-state index in [1.165, 1.54) is 29.1 Å². The number of halogens is 3. The van der Waals surface area contributed by atoms with Crippen LogP contribution >= 0.6 is 0 Å². The minimum atomic E-state index is -4.52. The van der Waals surface area contributed by atoms with Crippen molar-refractivity contribution in [1.29, 1.82) is 0 Å². The van der Waals surface area contributed by atoms with Gasteiger partial charge in [-0.2, -0.15) is 13.2 Å². The summed E-state index contributed by atoms with van der Waals surface area (Å²) in [6.45, 7) is 3.81. The summed E-state index contributed by atoms with van der Waals surface area (Å²) >= 11 is 0. The van der Waals surface area contributed by atoms with Crippen molar-refractivity contribution in [3.8, 4) is 5.69 Å². The van der Waals surface area contributed by atoms with E-state index < -0.39 is 22.9 Å². The number of alkyl halides is 3. The third kappa shape index (κ3) is 3.19. The fraction of sp³-hybridized carbons (Fsp3) is 0.200. The highest BCUT2D eigenvalue weighted by atomic mass is 19.4. The maximum atomic E-state index is 12.7. The van der Waals surface area contributed by atoms with Gasteiger partial charge in [0.15, 0.2) is 0 Å². The number of aromatic nitrogens is 2. The van der Waals surface area contributed by atoms with E-state index in [1.807, 2.05) is 0 Å². The molecule has 1 heterocycles. The number of rotatable bonds is 4. The van der Waals surface area contributed by atoms with Crippen molar-refractivity contribution in [2.45, 2.75) is 19.1 Å². The number of hydrogen-bond acceptors (Lipinski definition) is 2. The summed E-state index contributed by atoms with van der Waals surface area (Å²) in [6.07, 6.45) is 0.242. The molecular formula is C15H13F3N2O2. The van der Waals surface area contributed by atoms with Gasteiger partial charge in [0.2, 0.25) is 0 Å². The fourth-order valence-corrected chi connectivity index (χ4v) is 1.95. The Morgan fingerprint density at radius 1 is 1.14 bits per heavy atom. The molecule has 0 saturated carbocycles. The Bertz CT molecular complexity index is 803. The molecule has 1 aromatic carbocycles. The molecule has 22 heavy (non-hydrogen) atoms. The molecule has 1 aromatic heterocycles. The minimum Gasteiger partial charge on any atom is -0.309 e. The number of nitrogens with zero attached hydrogens (tertiary/aromatic N) is 2. The summed E-state index contributed by atoms with van der Waals surface area (Å²) in [5, 5.41) is 0. The van der Waals surface area contributed by atoms with Crippen LogP contribution in [0.3, 0.4) is 0 Å². The van der Waals surface area contributed by atoms with Crippen molar-refractivity contribution in [2.75, 3.05) is 0 Å². The summed E-state index contributed by atoms with van der Waals surface area (Å²) in [4.78, 5) is 24.0. The van der Waals surface area contributed by atoms with E-state index in [4.69, 9.17) is 0 Å². The Hall–Kier alpha value is -2.57. The van der Waals surface area contributed by atoms with Crippen LogP contribution in [0.4, 0.5) is 13.2 Å². The quantitative estimate of drug-likeness (QED) is 0.643. The normalized spacial score (nSPS) is 11.4. The lowest BCUT2D eigenvalue weighted by Crippen LogP contribution is -2.39. The van der Waals surface area contributed by atoms with Gasteiger partial charge in [0.05, 0.1) is 5.56 Å². The second-order valence-corrected chi connectivity index (χ2v) is 4.60. The van der Waals surface area contributed by atoms with Gasteiger partial charge in [-0.05, 0) is 24.6 Å². The van der Waals surface area contributed by atoms with E-state index in [0.717, 1.165) is 16.7 Å². The van der Waals surface area contributed by atoms with E-state index in [9.17, 15) is 22.8 Å². The lowest BCUT2D eigenvalue weighted by atomic mass is 10.2. The number of allylic oxidation sites excluding steroid dienone is 1. The molecule has 0 unspecified atom stereocenters. The largest absolute Gasteiger partial charge is 0.416 e. The van der Waals surface area contributed by atoms with E-state index >= 15 is 0 Å². The van der Waals surface area contributed by atoms with Gasteiger partial charge in [-0.25, -0.2) is 0 Å². The van der Waals surface area contributed by atoms with Crippen LogP contribution in [0.25, 0.3) is 5.69 Å². The molecule has 0 amide bonds. The first-order valence-electron chi connectivity index (χ1n) is 6.45. The Labute approximate surface area is 123 Å². The van der Waals surface area contributed by atoms with E-state index in [2.05, 4.69) is 6.58 Å². The SMILES string of the molecule is C=CCCn1ccn(-c2cccc(C(F)(F)F)c2)c(=O)c1=O. The molecule has 0 bridgehead atoms. The molecule has 0 spiro atoms. The molecule has 7 heteroatoms. The van der Waals surface area contributed by atoms with E-state index in [-0.39, 0.29) is 5.69 Å². The van der Waals surface area contributed by atoms with Crippen LogP contribution in [-0.2, 0) is 12.7 Å². The molecule has 0 N–H and O–H groups in total. The molecule has 0 aliphatic heterocycles. The van der Waals surface area contributed by atoms with E-state index in [0.29, 0.717) is 13.0 Å². The van der Waals surface area contributed by atoms with Crippen LogP contribution in [0.5, 0.6) is 0 Å². The smallest absolute Gasteiger partial charge is 0.309 e. The van der Waals surface area contributed by atoms with Crippen molar-refractivity contribution < 1.29 is 13.2 Å². The minimum absolute atomic E-state index is 0.00667. The molecule has 0 aliphatic carbocycles. The van der Waals surface area contributed by atoms with Gasteiger partial charge < -0.3 is 4.57 Å². The average Bonchev–Trinajstić information content (AvgIpc) is 2.48. The highest BCUT2D eigenvalue weighted by molar-refractivity contribution is 5.37. The Morgan fingerprint density at radius 3 is 2.50 bits per heavy atom. The van der Waals surface area contributed by atoms with Gasteiger partial charge >= 0.3 is 17.3 Å². The van der Waals surface area contributed by atoms with Gasteiger partial charge in [-0.1, -0.05) is 12.1 Å². The first-order chi connectivity index (χ1) is 10.3. The summed E-state index contributed by atoms with van der Waals surface area (Å²) in [5.74, 6) is 0. The highest BCUT2D eigenvalue weighted by Gasteiger charge is 2.30. The monoisotopic (exact) mass is 310 g/mol. The van der Waals surface area contributed by atoms with Gasteiger partial charge in [-0.3, -0.25) is 14.2 Å². The average molecular weight is 310 g/mol. The predicted molar refractivity (Wildman–Crippen MR) is 76.1 cm³/mol. The first kappa shape index (κ1) is 15.8. The second-order valence-electron chi connectivity index (χ2n) is 4.60. The standard InChI is InChI=1S/C15H13F3N2O2/c1-2-3-7-19-8-9-20(14(22)13(19)21)12-6-4-5-11(10-12)15(16,17)18/h2,4-6,8-10H,1,3,7H2. The highest BCUT2D eigenvalue weighted by Crippen LogP contribution is 2.29. The zero-order valence-corrected chi connectivity index (χ0v) is 11.5. The van der Waals surface area contributed by atoms with Crippen molar-refractivity contribution in [3.05, 3.63) is 75.6 Å². The molecule has 2 rings (SSSR count). The Morgan fingerprint density at radius 2 is 1.86 bits per heavy atom. The number of aryl methyl sites for hydroxylation is 1. The number of benzene rings is 1. The molecular weight excluding hydrogens is 297 g/mol. The van der Waals surface area contributed by atoms with Crippen LogP contribution in [-0.4, -0.2) is 9.13 Å². The molecule has 0 saturated heterocycles. The Balaban J connectivity index is 2.51. The molecule has 116 valence electrons. The molecule has 0 fully saturated rings. The van der Waals surface area contributed by atoms with Crippen LogP contribution < -0.4 is 11.1 Å². The number of hydrogen-bond donors (Lipinski definition) is 0. The molecule has 4 nitrogen and oxygen atoms in total. The third-order valence-corrected chi connectivity index (χ3v) is 3.08. The summed E-state index contributed by atoms with van der Waals surface area (Å²) in [5.41, 5.74) is -2.58. The molecule has 2 aromatic rings. The molecule has 0 aliphatic rings. The topological polar surface area (TPSA) is 44.0 Å². The Kier molecular flexibility index (Phi) is 4.35. The zero-order chi connectivity index (χ0) is 16.3. The summed E-state index contributed by atoms with van der Waals surface area (Å²) in [7, 11) is 0. The lowest BCUT2D eigenvalue weighted by molar-refractivity contribution is -0.137. The summed E-state index contributed by atoms with van der Waals surface area (Å²) in [6, 6.07) is 4.26. The van der Waals surface area contributed by atoms with E-state index in [1.54, 1.807) is 6.08 Å². The molecule has 0 radical (unpaired) electrons. The van der Waals surface area contributed by atoms with Crippen molar-refractivity contribution >= 4 is 0 Å². The van der Waals surface area contributed by atoms with Gasteiger partial charge in [-0.15, -0.1) is 6.58 Å². The summed E-state index contributed by atoms with van der Waals surface area (Å²) < 4.78 is 40.2. The van der Waals surface area contributed by atoms with Crippen molar-refractivity contribution in [1.82, 2.24) is 9.13 Å². The zero-order valence-electron chi connectivity index (χ0n) is 11.5. The van der Waals surface area contributed by atoms with Gasteiger partial charge in [0, 0.05) is 24.6 Å². The van der Waals surface area contributed by atoms with Crippen LogP contribution in [0.2, 0.25) is 0 Å². The van der Waals surface area contributed by atoms with Crippen LogP contribution in [0.15, 0.2) is 58.9 Å².